The van der Waals surface area contributed by atoms with Crippen molar-refractivity contribution in [3.63, 3.8) is 0 Å². The minimum Gasteiger partial charge on any atom is -0.481 e. The van der Waals surface area contributed by atoms with Gasteiger partial charge >= 0.3 is 29.8 Å². The first-order valence-corrected chi connectivity index (χ1v) is 24.8. The Morgan fingerprint density at radius 3 is 1.87 bits per heavy atom. The lowest BCUT2D eigenvalue weighted by Gasteiger charge is -2.35. The molecular formula is C51H68N2O22. The predicted molar refractivity (Wildman–Crippen MR) is 258 cm³/mol. The van der Waals surface area contributed by atoms with Crippen molar-refractivity contribution in [1.82, 2.24) is 9.55 Å². The number of ketones is 1. The lowest BCUT2D eigenvalue weighted by atomic mass is 9.85. The number of Topliss-reactive ketones (excluding diaryl/α,β-unsaturated/α-hetero) is 1. The molecule has 0 bridgehead atoms. The highest BCUT2D eigenvalue weighted by atomic mass is 16.7. The largest absolute Gasteiger partial charge is 0.481 e. The number of carbonyl (C=O) groups excluding carboxylic acids is 5. The van der Waals surface area contributed by atoms with Gasteiger partial charge in [0.15, 0.2) is 18.9 Å². The SMILES string of the molecule is CCc1c2c(nc3ccc(C)cc13)-c1cc3c(c(=O)n1C2)COC(=O)[C@@]3(CC)OC(=O)CCC(=O)CCC(=O)OCC(OCC(CO)OC(COC(=O)CCC(=O)O)OCC(CO)OC(CO)OC)OC(CC)CO. The maximum Gasteiger partial charge on any atom is 0.355 e. The van der Waals surface area contributed by atoms with E-state index in [-0.39, 0.29) is 43.5 Å². The van der Waals surface area contributed by atoms with Crippen molar-refractivity contribution in [3.05, 3.63) is 62.4 Å². The van der Waals surface area contributed by atoms with Crippen LogP contribution in [0.2, 0.25) is 0 Å². The number of nitrogens with zero attached hydrogens (tertiary/aromatic N) is 2. The number of hydrogen-bond acceptors (Lipinski definition) is 22. The van der Waals surface area contributed by atoms with Crippen molar-refractivity contribution in [3.8, 4) is 11.4 Å². The minimum absolute atomic E-state index is 0.0851. The lowest BCUT2D eigenvalue weighted by molar-refractivity contribution is -0.254. The number of aliphatic hydroxyl groups excluding tert-OH is 4. The Labute approximate surface area is 432 Å². The van der Waals surface area contributed by atoms with Gasteiger partial charge in [-0.05, 0) is 49.9 Å². The van der Waals surface area contributed by atoms with Crippen LogP contribution < -0.4 is 5.56 Å². The number of cyclic esters (lactones) is 1. The van der Waals surface area contributed by atoms with Crippen LogP contribution in [-0.2, 0) is 101 Å². The summed E-state index contributed by atoms with van der Waals surface area (Å²) in [6.45, 7) is 2.93. The predicted octanol–water partition coefficient (Wildman–Crippen LogP) is 1.77. The zero-order valence-corrected chi connectivity index (χ0v) is 42.8. The van der Waals surface area contributed by atoms with E-state index < -0.39 is 163 Å². The number of ether oxygens (including phenoxy) is 10. The number of carboxylic acids is 1. The Morgan fingerprint density at radius 1 is 0.733 bits per heavy atom. The van der Waals surface area contributed by atoms with Crippen LogP contribution in [0.15, 0.2) is 29.1 Å². The number of carboxylic acid groups (broad SMARTS) is 1. The molecule has 2 aromatic heterocycles. The summed E-state index contributed by atoms with van der Waals surface area (Å²) in [4.78, 5) is 95.2. The Kier molecular flexibility index (Phi) is 23.2. The van der Waals surface area contributed by atoms with E-state index in [1.165, 1.54) is 7.11 Å². The quantitative estimate of drug-likeness (QED) is 0.0253. The summed E-state index contributed by atoms with van der Waals surface area (Å²) in [5.41, 5.74) is 2.80. The van der Waals surface area contributed by atoms with Gasteiger partial charge in [-0.2, -0.15) is 0 Å². The van der Waals surface area contributed by atoms with E-state index in [2.05, 4.69) is 6.07 Å². The molecule has 3 aromatic rings. The molecule has 6 unspecified atom stereocenters. The van der Waals surface area contributed by atoms with E-state index in [4.69, 9.17) is 57.5 Å². The molecule has 0 spiro atoms. The van der Waals surface area contributed by atoms with E-state index in [0.29, 0.717) is 24.2 Å². The second-order valence-electron chi connectivity index (χ2n) is 17.7. The molecule has 0 saturated heterocycles. The van der Waals surface area contributed by atoms with Crippen LogP contribution >= 0.6 is 0 Å². The summed E-state index contributed by atoms with van der Waals surface area (Å²) in [5, 5.41) is 49.1. The molecule has 0 fully saturated rings. The molecule has 5 N–H and O–H groups in total. The number of aliphatic carboxylic acids is 1. The molecule has 24 heteroatoms. The van der Waals surface area contributed by atoms with Crippen molar-refractivity contribution in [1.29, 1.82) is 0 Å². The Hall–Kier alpha value is -5.80. The van der Waals surface area contributed by atoms with E-state index >= 15 is 0 Å². The van der Waals surface area contributed by atoms with E-state index in [1.807, 2.05) is 26.0 Å². The molecule has 7 atom stereocenters. The first kappa shape index (κ1) is 60.1. The van der Waals surface area contributed by atoms with Gasteiger partial charge in [-0.15, -0.1) is 0 Å². The molecule has 0 radical (unpaired) electrons. The molecule has 2 aliphatic heterocycles. The average Bonchev–Trinajstić information content (AvgIpc) is 3.78. The zero-order valence-electron chi connectivity index (χ0n) is 42.8. The zero-order chi connectivity index (χ0) is 54.8. The molecule has 2 aliphatic rings. The number of aryl methyl sites for hydroxylation is 2. The van der Waals surface area contributed by atoms with Crippen LogP contribution in [0.1, 0.15) is 100.0 Å². The van der Waals surface area contributed by atoms with Crippen LogP contribution in [0.3, 0.4) is 0 Å². The fourth-order valence-corrected chi connectivity index (χ4v) is 8.40. The topological polar surface area (TPSA) is 331 Å². The highest BCUT2D eigenvalue weighted by molar-refractivity contribution is 5.91. The van der Waals surface area contributed by atoms with Crippen molar-refractivity contribution in [2.45, 2.75) is 141 Å². The number of carbonyl (C=O) groups is 6. The van der Waals surface area contributed by atoms with Gasteiger partial charge in [-0.25, -0.2) is 9.78 Å². The van der Waals surface area contributed by atoms with Gasteiger partial charge in [0.25, 0.3) is 5.56 Å². The van der Waals surface area contributed by atoms with Crippen LogP contribution in [0.5, 0.6) is 0 Å². The summed E-state index contributed by atoms with van der Waals surface area (Å²) in [5.74, 6) is -5.30. The maximum absolute atomic E-state index is 14.1. The van der Waals surface area contributed by atoms with Crippen LogP contribution in [0.25, 0.3) is 22.3 Å². The van der Waals surface area contributed by atoms with Gasteiger partial charge in [0, 0.05) is 36.5 Å². The average molecular weight is 1060 g/mol. The first-order chi connectivity index (χ1) is 36.0. The third-order valence-electron chi connectivity index (χ3n) is 12.5. The number of hydrogen-bond donors (Lipinski definition) is 5. The third kappa shape index (κ3) is 15.9. The number of aromatic nitrogens is 2. The molecule has 0 aliphatic carbocycles. The van der Waals surface area contributed by atoms with Gasteiger partial charge in [-0.1, -0.05) is 32.4 Å². The number of benzene rings is 1. The number of methoxy groups -OCH3 is 1. The van der Waals surface area contributed by atoms with Crippen molar-refractivity contribution < 1.29 is 102 Å². The summed E-state index contributed by atoms with van der Waals surface area (Å²) >= 11 is 0. The fourth-order valence-electron chi connectivity index (χ4n) is 8.40. The Balaban J connectivity index is 1.17. The number of fused-ring (bicyclic) bond motifs is 5. The Morgan fingerprint density at radius 2 is 1.32 bits per heavy atom. The molecule has 0 saturated carbocycles. The van der Waals surface area contributed by atoms with Crippen LogP contribution in [0, 0.1) is 6.92 Å². The molecule has 5 rings (SSSR count). The van der Waals surface area contributed by atoms with E-state index in [9.17, 15) is 54.0 Å². The molecule has 0 amide bonds. The molecule has 24 nitrogen and oxygen atoms in total. The van der Waals surface area contributed by atoms with Crippen LogP contribution in [-0.4, -0.2) is 168 Å². The first-order valence-electron chi connectivity index (χ1n) is 24.8. The number of pyridine rings is 2. The van der Waals surface area contributed by atoms with Crippen molar-refractivity contribution in [2.75, 3.05) is 60.0 Å². The summed E-state index contributed by atoms with van der Waals surface area (Å²) in [6, 6.07) is 7.62. The molecule has 4 heterocycles. The fraction of sp³-hybridized carbons (Fsp3) is 0.608. The minimum atomic E-state index is -1.99. The lowest BCUT2D eigenvalue weighted by Crippen LogP contribution is -2.47. The highest BCUT2D eigenvalue weighted by Gasteiger charge is 2.50. The normalized spacial score (nSPS) is 17.2. The number of aliphatic hydroxyl groups is 4. The highest BCUT2D eigenvalue weighted by Crippen LogP contribution is 2.42. The molecule has 75 heavy (non-hydrogen) atoms. The molecule has 414 valence electrons. The second kappa shape index (κ2) is 28.9. The van der Waals surface area contributed by atoms with E-state index in [1.54, 1.807) is 24.5 Å². The summed E-state index contributed by atoms with van der Waals surface area (Å²) < 4.78 is 56.6. The van der Waals surface area contributed by atoms with Gasteiger partial charge in [-0.3, -0.25) is 28.8 Å². The maximum atomic E-state index is 14.1. The van der Waals surface area contributed by atoms with Gasteiger partial charge in [0.1, 0.15) is 37.8 Å². The smallest absolute Gasteiger partial charge is 0.355 e. The summed E-state index contributed by atoms with van der Waals surface area (Å²) in [7, 11) is 1.26. The standard InChI is InChI=1S/C51H68N2O22/c1-6-31(20-54)72-46(69-25-33(22-56)74-47(28-68-43(62)16-13-41(59)60)70-24-32(21-55)73-45(23-57)66-5)27-67-42(61)14-10-30(58)11-15-44(63)75-51(8-3)38-18-40-48-36(19-53(40)49(64)37(38)26-71-50(51)65)34(7-2)35-17-29(4)9-12-39(35)52-48/h9,12,17-18,31-33,45-47,54-57H,6-8,10-11,13-16,19-28H2,1-5H3,(H,59,60)/t31?,32?,33?,45?,46?,47?,51-/m0/s1. The number of rotatable bonds is 34. The molecule has 1 aromatic carbocycles. The van der Waals surface area contributed by atoms with Gasteiger partial charge in [0.2, 0.25) is 5.60 Å². The third-order valence-corrected chi connectivity index (χ3v) is 12.5. The van der Waals surface area contributed by atoms with Crippen molar-refractivity contribution >= 4 is 46.5 Å². The van der Waals surface area contributed by atoms with Gasteiger partial charge in [0.05, 0.1) is 100 Å². The van der Waals surface area contributed by atoms with E-state index in [0.717, 1.165) is 27.6 Å². The number of esters is 4. The summed E-state index contributed by atoms with van der Waals surface area (Å²) in [6.07, 6.45) is -8.73. The monoisotopic (exact) mass is 1060 g/mol. The van der Waals surface area contributed by atoms with Crippen LogP contribution in [0.4, 0.5) is 0 Å². The second-order valence-corrected chi connectivity index (χ2v) is 17.7. The molecular weight excluding hydrogens is 993 g/mol. The van der Waals surface area contributed by atoms with Gasteiger partial charge < -0.3 is 77.5 Å². The Bertz CT molecular complexity index is 2520. The van der Waals surface area contributed by atoms with Crippen molar-refractivity contribution in [2.24, 2.45) is 0 Å².